The second kappa shape index (κ2) is 7.20. The van der Waals surface area contributed by atoms with Gasteiger partial charge in [0.15, 0.2) is 0 Å². The Morgan fingerprint density at radius 1 is 1.23 bits per heavy atom. The molecule has 0 radical (unpaired) electrons. The van der Waals surface area contributed by atoms with E-state index in [9.17, 15) is 18.4 Å². The van der Waals surface area contributed by atoms with Crippen molar-refractivity contribution in [1.29, 1.82) is 0 Å². The van der Waals surface area contributed by atoms with Gasteiger partial charge in [-0.25, -0.2) is 13.6 Å². The molecule has 2 amide bonds. The minimum Gasteiger partial charge on any atom is -0.444 e. The lowest BCUT2D eigenvalue weighted by Gasteiger charge is -2.23. The smallest absolute Gasteiger partial charge is 0.408 e. The minimum absolute atomic E-state index is 0.251. The largest absolute Gasteiger partial charge is 0.444 e. The van der Waals surface area contributed by atoms with E-state index in [0.29, 0.717) is 0 Å². The van der Waals surface area contributed by atoms with E-state index >= 15 is 0 Å². The average Bonchev–Trinajstić information content (AvgIpc) is 2.35. The molecular weight excluding hydrogens is 294 g/mol. The Balaban J connectivity index is 3.09. The summed E-state index contributed by atoms with van der Waals surface area (Å²) in [5.74, 6) is -2.57. The van der Waals surface area contributed by atoms with Gasteiger partial charge in [0.25, 0.3) is 0 Å². The van der Waals surface area contributed by atoms with Crippen molar-refractivity contribution in [3.8, 4) is 0 Å². The van der Waals surface area contributed by atoms with Crippen molar-refractivity contribution in [3.63, 3.8) is 0 Å². The first-order valence-corrected chi connectivity index (χ1v) is 6.87. The van der Waals surface area contributed by atoms with Gasteiger partial charge in [0.1, 0.15) is 23.3 Å². The number of halogens is 2. The third-order valence-electron chi connectivity index (χ3n) is 2.56. The van der Waals surface area contributed by atoms with Gasteiger partial charge in [-0.2, -0.15) is 0 Å². The van der Waals surface area contributed by atoms with Crippen LogP contribution in [-0.2, 0) is 9.53 Å². The zero-order valence-corrected chi connectivity index (χ0v) is 13.0. The number of nitrogens with one attached hydrogen (secondary N) is 2. The van der Waals surface area contributed by atoms with Crippen LogP contribution in [0.15, 0.2) is 18.2 Å². The number of hydrogen-bond acceptors (Lipinski definition) is 3. The van der Waals surface area contributed by atoms with Gasteiger partial charge in [-0.15, -0.1) is 0 Å². The maximum absolute atomic E-state index is 13.9. The molecule has 0 saturated heterocycles. The Bertz CT molecular complexity index is 536. The van der Waals surface area contributed by atoms with Crippen LogP contribution in [0.5, 0.6) is 0 Å². The molecule has 122 valence electrons. The fourth-order valence-electron chi connectivity index (χ4n) is 1.76. The van der Waals surface area contributed by atoms with Crippen LogP contribution in [0.2, 0.25) is 0 Å². The fourth-order valence-corrected chi connectivity index (χ4v) is 1.76. The molecule has 0 aliphatic carbocycles. The van der Waals surface area contributed by atoms with Gasteiger partial charge >= 0.3 is 6.09 Å². The van der Waals surface area contributed by atoms with Crippen LogP contribution >= 0.6 is 0 Å². The van der Waals surface area contributed by atoms with E-state index in [0.717, 1.165) is 12.1 Å². The maximum Gasteiger partial charge on any atom is 0.408 e. The van der Waals surface area contributed by atoms with Crippen LogP contribution in [-0.4, -0.2) is 24.1 Å². The first kappa shape index (κ1) is 17.9. The highest BCUT2D eigenvalue weighted by Gasteiger charge is 2.30. The summed E-state index contributed by atoms with van der Waals surface area (Å²) < 4.78 is 32.8. The summed E-state index contributed by atoms with van der Waals surface area (Å²) in [5, 5.41) is 4.63. The summed E-state index contributed by atoms with van der Waals surface area (Å²) in [6.45, 7) is 6.81. The van der Waals surface area contributed by atoms with Gasteiger partial charge in [-0.05, 0) is 39.8 Å². The molecule has 0 heterocycles. The zero-order chi connectivity index (χ0) is 16.9. The summed E-state index contributed by atoms with van der Waals surface area (Å²) in [7, 11) is 0. The molecule has 0 aliphatic heterocycles. The van der Waals surface area contributed by atoms with E-state index in [1.807, 2.05) is 0 Å². The molecule has 1 atom stereocenters. The van der Waals surface area contributed by atoms with Crippen molar-refractivity contribution in [2.75, 3.05) is 6.54 Å². The molecule has 1 aromatic rings. The lowest BCUT2D eigenvalue weighted by atomic mass is 10.0. The lowest BCUT2D eigenvalue weighted by molar-refractivity contribution is -0.123. The third kappa shape index (κ3) is 4.98. The van der Waals surface area contributed by atoms with Gasteiger partial charge in [0.05, 0.1) is 5.56 Å². The van der Waals surface area contributed by atoms with Crippen LogP contribution in [0, 0.1) is 11.6 Å². The van der Waals surface area contributed by atoms with E-state index in [-0.39, 0.29) is 6.54 Å². The van der Waals surface area contributed by atoms with Crippen molar-refractivity contribution in [2.45, 2.75) is 39.3 Å². The van der Waals surface area contributed by atoms with Gasteiger partial charge in [0, 0.05) is 6.54 Å². The summed E-state index contributed by atoms with van der Waals surface area (Å²) in [6, 6.07) is 1.69. The maximum atomic E-state index is 13.9. The predicted molar refractivity (Wildman–Crippen MR) is 77.2 cm³/mol. The number of hydrogen-bond donors (Lipinski definition) is 2. The van der Waals surface area contributed by atoms with Crippen LogP contribution in [0.4, 0.5) is 13.6 Å². The Morgan fingerprint density at radius 3 is 2.23 bits per heavy atom. The highest BCUT2D eigenvalue weighted by molar-refractivity contribution is 5.87. The minimum atomic E-state index is -1.52. The first-order chi connectivity index (χ1) is 10.2. The highest BCUT2D eigenvalue weighted by atomic mass is 19.1. The van der Waals surface area contributed by atoms with E-state index in [2.05, 4.69) is 10.6 Å². The number of benzene rings is 1. The van der Waals surface area contributed by atoms with Crippen molar-refractivity contribution >= 4 is 12.0 Å². The Labute approximate surface area is 128 Å². The third-order valence-corrected chi connectivity index (χ3v) is 2.56. The van der Waals surface area contributed by atoms with Crippen LogP contribution in [0.1, 0.15) is 39.3 Å². The SMILES string of the molecule is CCNC(=O)C(NC(=O)OC(C)(C)C)c1c(F)cccc1F. The molecule has 1 unspecified atom stereocenters. The Morgan fingerprint density at radius 2 is 1.77 bits per heavy atom. The van der Waals surface area contributed by atoms with Gasteiger partial charge in [-0.3, -0.25) is 4.79 Å². The average molecular weight is 314 g/mol. The van der Waals surface area contributed by atoms with Gasteiger partial charge < -0.3 is 15.4 Å². The lowest BCUT2D eigenvalue weighted by Crippen LogP contribution is -2.43. The molecule has 0 spiro atoms. The normalized spacial score (nSPS) is 12.5. The summed E-state index contributed by atoms with van der Waals surface area (Å²) >= 11 is 0. The predicted octanol–water partition coefficient (Wildman–Crippen LogP) is 2.67. The Kier molecular flexibility index (Phi) is 5.84. The standard InChI is InChI=1S/C15H20F2N2O3/c1-5-18-13(20)12(19-14(21)22-15(2,3)4)11-9(16)7-6-8-10(11)17/h6-8,12H,5H2,1-4H3,(H,18,20)(H,19,21). The van der Waals surface area contributed by atoms with Crippen LogP contribution < -0.4 is 10.6 Å². The summed E-state index contributed by atoms with van der Waals surface area (Å²) in [6.07, 6.45) is -0.939. The molecule has 0 fully saturated rings. The van der Waals surface area contributed by atoms with E-state index in [4.69, 9.17) is 4.74 Å². The molecule has 0 saturated carbocycles. The number of ether oxygens (including phenoxy) is 1. The number of amides is 2. The number of carbonyl (C=O) groups is 2. The molecule has 1 aromatic carbocycles. The topological polar surface area (TPSA) is 67.4 Å². The van der Waals surface area contributed by atoms with E-state index in [1.54, 1.807) is 27.7 Å². The number of carbonyl (C=O) groups excluding carboxylic acids is 2. The molecule has 0 bridgehead atoms. The fraction of sp³-hybridized carbons (Fsp3) is 0.467. The molecule has 1 rings (SSSR count). The molecule has 2 N–H and O–H groups in total. The van der Waals surface area contributed by atoms with E-state index < -0.39 is 40.8 Å². The first-order valence-electron chi connectivity index (χ1n) is 6.87. The quantitative estimate of drug-likeness (QED) is 0.898. The molecule has 7 heteroatoms. The van der Waals surface area contributed by atoms with Gasteiger partial charge in [-0.1, -0.05) is 6.07 Å². The second-order valence-electron chi connectivity index (χ2n) is 5.61. The monoisotopic (exact) mass is 314 g/mol. The Hall–Kier alpha value is -2.18. The molecular formula is C15H20F2N2O3. The zero-order valence-electron chi connectivity index (χ0n) is 13.0. The molecule has 22 heavy (non-hydrogen) atoms. The van der Waals surface area contributed by atoms with E-state index in [1.165, 1.54) is 6.07 Å². The number of rotatable bonds is 4. The summed E-state index contributed by atoms with van der Waals surface area (Å²) in [4.78, 5) is 23.8. The highest BCUT2D eigenvalue weighted by Crippen LogP contribution is 2.21. The van der Waals surface area contributed by atoms with Gasteiger partial charge in [0.2, 0.25) is 5.91 Å². The molecule has 5 nitrogen and oxygen atoms in total. The molecule has 0 aromatic heterocycles. The van der Waals surface area contributed by atoms with Crippen molar-refractivity contribution < 1.29 is 23.1 Å². The summed E-state index contributed by atoms with van der Waals surface area (Å²) in [5.41, 5.74) is -1.33. The molecule has 0 aliphatic rings. The second-order valence-corrected chi connectivity index (χ2v) is 5.61. The van der Waals surface area contributed by atoms with Crippen molar-refractivity contribution in [1.82, 2.24) is 10.6 Å². The number of likely N-dealkylation sites (N-methyl/N-ethyl adjacent to an activating group) is 1. The van der Waals surface area contributed by atoms with Crippen LogP contribution in [0.3, 0.4) is 0 Å². The number of alkyl carbamates (subject to hydrolysis) is 1. The van der Waals surface area contributed by atoms with Crippen molar-refractivity contribution in [3.05, 3.63) is 35.4 Å². The van der Waals surface area contributed by atoms with Crippen molar-refractivity contribution in [2.24, 2.45) is 0 Å². The van der Waals surface area contributed by atoms with Crippen LogP contribution in [0.25, 0.3) is 0 Å².